The van der Waals surface area contributed by atoms with Crippen molar-refractivity contribution >= 4 is 23.6 Å². The molecular weight excluding hydrogens is 264 g/mol. The van der Waals surface area contributed by atoms with Crippen molar-refractivity contribution in [2.75, 3.05) is 7.11 Å². The van der Waals surface area contributed by atoms with Gasteiger partial charge in [-0.3, -0.25) is 0 Å². The zero-order valence-corrected chi connectivity index (χ0v) is 11.6. The Morgan fingerprint density at radius 3 is 2.57 bits per heavy atom. The van der Waals surface area contributed by atoms with E-state index in [0.717, 1.165) is 16.8 Å². The first-order valence-electron chi connectivity index (χ1n) is 6.58. The molecule has 0 bridgehead atoms. The number of ether oxygens (including phenoxy) is 1. The van der Waals surface area contributed by atoms with E-state index >= 15 is 0 Å². The second-order valence-electron chi connectivity index (χ2n) is 4.55. The van der Waals surface area contributed by atoms with E-state index in [0.29, 0.717) is 5.69 Å². The number of fused-ring (bicyclic) bond motifs is 1. The van der Waals surface area contributed by atoms with Crippen molar-refractivity contribution in [2.45, 2.75) is 0 Å². The molecule has 0 amide bonds. The number of hydrogen-bond donors (Lipinski definition) is 0. The largest absolute Gasteiger partial charge is 0.464 e. The van der Waals surface area contributed by atoms with Crippen LogP contribution in [0, 0.1) is 0 Å². The van der Waals surface area contributed by atoms with Crippen LogP contribution < -0.4 is 0 Å². The Hall–Kier alpha value is -2.88. The summed E-state index contributed by atoms with van der Waals surface area (Å²) in [6.45, 7) is 0. The molecule has 4 heteroatoms. The summed E-state index contributed by atoms with van der Waals surface area (Å²) < 4.78 is 6.35. The number of esters is 1. The van der Waals surface area contributed by atoms with Gasteiger partial charge in [0.05, 0.1) is 18.3 Å². The third-order valence-corrected chi connectivity index (χ3v) is 3.17. The second kappa shape index (κ2) is 5.63. The Morgan fingerprint density at radius 1 is 1.05 bits per heavy atom. The fourth-order valence-electron chi connectivity index (χ4n) is 2.10. The highest BCUT2D eigenvalue weighted by Crippen LogP contribution is 2.12. The Balaban J connectivity index is 1.97. The van der Waals surface area contributed by atoms with Crippen molar-refractivity contribution in [2.24, 2.45) is 0 Å². The summed E-state index contributed by atoms with van der Waals surface area (Å²) in [5.74, 6) is -0.397. The normalized spacial score (nSPS) is 11.1. The number of carbonyl (C=O) groups is 1. The maximum atomic E-state index is 11.7. The van der Waals surface area contributed by atoms with E-state index < -0.39 is 5.97 Å². The monoisotopic (exact) mass is 278 g/mol. The molecule has 0 radical (unpaired) electrons. The molecule has 0 N–H and O–H groups in total. The zero-order chi connectivity index (χ0) is 14.7. The standard InChI is InChI=1S/C17H14N2O2/c1-21-17(20)16-12-11-15-10-9-14(18-19(15)16)8-7-13-5-3-2-4-6-13/h2-12H,1H3/b8-7+. The van der Waals surface area contributed by atoms with Crippen LogP contribution in [0.25, 0.3) is 17.7 Å². The molecule has 0 atom stereocenters. The Kier molecular flexibility index (Phi) is 3.51. The lowest BCUT2D eigenvalue weighted by Gasteiger charge is -2.01. The highest BCUT2D eigenvalue weighted by atomic mass is 16.5. The quantitative estimate of drug-likeness (QED) is 0.690. The van der Waals surface area contributed by atoms with Gasteiger partial charge >= 0.3 is 5.97 Å². The third-order valence-electron chi connectivity index (χ3n) is 3.17. The van der Waals surface area contributed by atoms with Gasteiger partial charge in [-0.2, -0.15) is 5.10 Å². The molecule has 0 aliphatic rings. The molecule has 0 aliphatic carbocycles. The molecule has 0 unspecified atom stereocenters. The van der Waals surface area contributed by atoms with Crippen LogP contribution in [0.3, 0.4) is 0 Å². The van der Waals surface area contributed by atoms with Crippen molar-refractivity contribution in [1.82, 2.24) is 9.61 Å². The SMILES string of the molecule is COC(=O)c1ccc2ccc(/C=C/c3ccccc3)nn12. The minimum absolute atomic E-state index is 0.397. The minimum Gasteiger partial charge on any atom is -0.464 e. The third kappa shape index (κ3) is 2.69. The fraction of sp³-hybridized carbons (Fsp3) is 0.0588. The predicted molar refractivity (Wildman–Crippen MR) is 81.9 cm³/mol. The first-order chi connectivity index (χ1) is 10.3. The van der Waals surface area contributed by atoms with E-state index in [1.54, 1.807) is 10.6 Å². The summed E-state index contributed by atoms with van der Waals surface area (Å²) in [5, 5.41) is 4.45. The minimum atomic E-state index is -0.397. The van der Waals surface area contributed by atoms with Crippen LogP contribution in [-0.4, -0.2) is 22.7 Å². The van der Waals surface area contributed by atoms with Gasteiger partial charge in [-0.25, -0.2) is 9.31 Å². The Bertz CT molecular complexity index is 804. The summed E-state index contributed by atoms with van der Waals surface area (Å²) >= 11 is 0. The summed E-state index contributed by atoms with van der Waals surface area (Å²) in [6, 6.07) is 17.4. The van der Waals surface area contributed by atoms with E-state index in [1.165, 1.54) is 7.11 Å². The maximum Gasteiger partial charge on any atom is 0.356 e. The first-order valence-corrected chi connectivity index (χ1v) is 6.58. The molecule has 2 aromatic heterocycles. The van der Waals surface area contributed by atoms with Gasteiger partial charge in [0.1, 0.15) is 0 Å². The van der Waals surface area contributed by atoms with Crippen molar-refractivity contribution < 1.29 is 9.53 Å². The number of aromatic nitrogens is 2. The number of benzene rings is 1. The Morgan fingerprint density at radius 2 is 1.81 bits per heavy atom. The molecule has 2 heterocycles. The lowest BCUT2D eigenvalue weighted by atomic mass is 10.2. The number of rotatable bonds is 3. The van der Waals surface area contributed by atoms with E-state index in [1.807, 2.05) is 60.7 Å². The lowest BCUT2D eigenvalue weighted by molar-refractivity contribution is 0.0591. The van der Waals surface area contributed by atoms with E-state index in [4.69, 9.17) is 4.74 Å². The highest BCUT2D eigenvalue weighted by molar-refractivity contribution is 5.89. The van der Waals surface area contributed by atoms with Gasteiger partial charge in [-0.05, 0) is 35.9 Å². The highest BCUT2D eigenvalue weighted by Gasteiger charge is 2.11. The van der Waals surface area contributed by atoms with Gasteiger partial charge in [-0.1, -0.05) is 36.4 Å². The van der Waals surface area contributed by atoms with Crippen molar-refractivity contribution in [3.05, 3.63) is 71.5 Å². The molecule has 4 nitrogen and oxygen atoms in total. The molecule has 0 spiro atoms. The molecule has 0 saturated heterocycles. The van der Waals surface area contributed by atoms with Gasteiger partial charge < -0.3 is 4.74 Å². The molecular formula is C17H14N2O2. The van der Waals surface area contributed by atoms with Gasteiger partial charge in [0.25, 0.3) is 0 Å². The van der Waals surface area contributed by atoms with Crippen molar-refractivity contribution in [1.29, 1.82) is 0 Å². The van der Waals surface area contributed by atoms with Crippen molar-refractivity contribution in [3.8, 4) is 0 Å². The molecule has 3 aromatic rings. The van der Waals surface area contributed by atoms with Crippen LogP contribution in [0.1, 0.15) is 21.7 Å². The van der Waals surface area contributed by atoms with Gasteiger partial charge in [-0.15, -0.1) is 0 Å². The number of nitrogens with zero attached hydrogens (tertiary/aromatic N) is 2. The van der Waals surface area contributed by atoms with Crippen LogP contribution in [0.4, 0.5) is 0 Å². The van der Waals surface area contributed by atoms with Gasteiger partial charge in [0.15, 0.2) is 5.69 Å². The predicted octanol–water partition coefficient (Wildman–Crippen LogP) is 3.29. The average molecular weight is 278 g/mol. The number of hydrogen-bond acceptors (Lipinski definition) is 3. The van der Waals surface area contributed by atoms with Crippen molar-refractivity contribution in [3.63, 3.8) is 0 Å². The topological polar surface area (TPSA) is 43.6 Å². The van der Waals surface area contributed by atoms with Gasteiger partial charge in [0, 0.05) is 0 Å². The van der Waals surface area contributed by atoms with Crippen LogP contribution >= 0.6 is 0 Å². The van der Waals surface area contributed by atoms with E-state index in [-0.39, 0.29) is 0 Å². The molecule has 3 rings (SSSR count). The van der Waals surface area contributed by atoms with Crippen LogP contribution in [0.5, 0.6) is 0 Å². The van der Waals surface area contributed by atoms with E-state index in [9.17, 15) is 4.79 Å². The molecule has 21 heavy (non-hydrogen) atoms. The second-order valence-corrected chi connectivity index (χ2v) is 4.55. The fourth-order valence-corrected chi connectivity index (χ4v) is 2.10. The summed E-state index contributed by atoms with van der Waals surface area (Å²) in [5.41, 5.74) is 3.14. The number of methoxy groups -OCH3 is 1. The molecule has 1 aromatic carbocycles. The first kappa shape index (κ1) is 13.1. The van der Waals surface area contributed by atoms with Crippen LogP contribution in [-0.2, 0) is 4.74 Å². The summed E-state index contributed by atoms with van der Waals surface area (Å²) in [7, 11) is 1.36. The number of carbonyl (C=O) groups excluding carboxylic acids is 1. The van der Waals surface area contributed by atoms with Gasteiger partial charge in [0.2, 0.25) is 0 Å². The van der Waals surface area contributed by atoms with Crippen LogP contribution in [0.15, 0.2) is 54.6 Å². The molecule has 0 aliphatic heterocycles. The lowest BCUT2D eigenvalue weighted by Crippen LogP contribution is -2.07. The van der Waals surface area contributed by atoms with Crippen LogP contribution in [0.2, 0.25) is 0 Å². The van der Waals surface area contributed by atoms with E-state index in [2.05, 4.69) is 5.10 Å². The Labute approximate surface area is 122 Å². The smallest absolute Gasteiger partial charge is 0.356 e. The summed E-state index contributed by atoms with van der Waals surface area (Å²) in [6.07, 6.45) is 3.89. The zero-order valence-electron chi connectivity index (χ0n) is 11.6. The summed E-state index contributed by atoms with van der Waals surface area (Å²) in [4.78, 5) is 11.7. The molecule has 0 saturated carbocycles. The maximum absolute atomic E-state index is 11.7. The molecule has 0 fully saturated rings. The molecule has 104 valence electrons. The average Bonchev–Trinajstić information content (AvgIpc) is 2.96.